The number of hydrogen-bond donors (Lipinski definition) is 2. The van der Waals surface area contributed by atoms with Gasteiger partial charge in [-0.25, -0.2) is 0 Å². The minimum Gasteiger partial charge on any atom is -0.457 e. The van der Waals surface area contributed by atoms with E-state index in [0.29, 0.717) is 42.9 Å². The number of aliphatic hydroxyl groups is 1. The average Bonchev–Trinajstić information content (AvgIpc) is 3.65. The van der Waals surface area contributed by atoms with Crippen LogP contribution in [0.5, 0.6) is 0 Å². The van der Waals surface area contributed by atoms with Gasteiger partial charge in [0.25, 0.3) is 0 Å². The molecular weight excluding hydrogens is 624 g/mol. The Balaban J connectivity index is 1.14. The van der Waals surface area contributed by atoms with Crippen molar-refractivity contribution in [1.29, 1.82) is 0 Å². The van der Waals surface area contributed by atoms with Crippen LogP contribution >= 0.6 is 0 Å². The number of esters is 1. The molecule has 0 bridgehead atoms. The first-order valence-corrected chi connectivity index (χ1v) is 19.3. The van der Waals surface area contributed by atoms with Crippen LogP contribution in [0.3, 0.4) is 0 Å². The van der Waals surface area contributed by atoms with Gasteiger partial charge in [0.2, 0.25) is 5.91 Å². The summed E-state index contributed by atoms with van der Waals surface area (Å²) < 4.78 is 25.1. The zero-order valence-corrected chi connectivity index (χ0v) is 31.4. The van der Waals surface area contributed by atoms with Crippen molar-refractivity contribution in [3.05, 3.63) is 0 Å². The van der Waals surface area contributed by atoms with E-state index in [1.54, 1.807) is 20.8 Å². The van der Waals surface area contributed by atoms with Gasteiger partial charge in [-0.05, 0) is 98.7 Å². The van der Waals surface area contributed by atoms with Crippen LogP contribution in [0.25, 0.3) is 0 Å². The van der Waals surface area contributed by atoms with E-state index >= 15 is 0 Å². The Hall–Kier alpha value is -1.59. The summed E-state index contributed by atoms with van der Waals surface area (Å²) in [6.07, 6.45) is 7.99. The lowest BCUT2D eigenvalue weighted by Crippen LogP contribution is -2.55. The second kappa shape index (κ2) is 13.1. The van der Waals surface area contributed by atoms with E-state index in [1.807, 2.05) is 4.90 Å². The van der Waals surface area contributed by atoms with Crippen LogP contribution in [0.1, 0.15) is 120 Å². The SMILES string of the molecule is CCC(=O)OC(C1CC(C)C2C(O1)C(=O)C(C)C2(C)CCC12CCCC3C(C)(C)C(OC4CN(CC(N)=O)CCO4)CCC31C2)C(C)(C)O. The van der Waals surface area contributed by atoms with Gasteiger partial charge in [-0.15, -0.1) is 0 Å². The number of primary amides is 1. The Morgan fingerprint density at radius 1 is 1.14 bits per heavy atom. The van der Waals surface area contributed by atoms with Crippen molar-refractivity contribution in [3.63, 3.8) is 0 Å². The van der Waals surface area contributed by atoms with Gasteiger partial charge in [0.1, 0.15) is 6.10 Å². The zero-order chi connectivity index (χ0) is 35.7. The Morgan fingerprint density at radius 2 is 1.88 bits per heavy atom. The number of morpholine rings is 1. The molecule has 6 rings (SSSR count). The first-order valence-electron chi connectivity index (χ1n) is 19.3. The van der Waals surface area contributed by atoms with Crippen LogP contribution in [0.15, 0.2) is 0 Å². The molecule has 0 aromatic heterocycles. The van der Waals surface area contributed by atoms with Crippen molar-refractivity contribution < 1.29 is 38.4 Å². The molecule has 3 N–H and O–H groups in total. The maximum atomic E-state index is 14.0. The molecule has 10 heteroatoms. The van der Waals surface area contributed by atoms with E-state index in [0.717, 1.165) is 25.7 Å². The largest absolute Gasteiger partial charge is 0.457 e. The van der Waals surface area contributed by atoms with Gasteiger partial charge in [0.05, 0.1) is 37.5 Å². The molecule has 6 fully saturated rings. The number of rotatable bonds is 11. The molecule has 49 heavy (non-hydrogen) atoms. The fraction of sp³-hybridized carbons (Fsp3) is 0.923. The number of ether oxygens (including phenoxy) is 4. The molecule has 10 nitrogen and oxygen atoms in total. The van der Waals surface area contributed by atoms with E-state index in [1.165, 1.54) is 25.7 Å². The maximum Gasteiger partial charge on any atom is 0.305 e. The molecule has 0 aromatic rings. The third kappa shape index (κ3) is 6.42. The zero-order valence-electron chi connectivity index (χ0n) is 31.4. The molecule has 4 aliphatic carbocycles. The summed E-state index contributed by atoms with van der Waals surface area (Å²) in [6.45, 7) is 18.5. The van der Waals surface area contributed by atoms with Crippen LogP contribution < -0.4 is 5.73 Å². The molecule has 1 spiro atoms. The minimum absolute atomic E-state index is 0.000345. The highest BCUT2D eigenvalue weighted by Crippen LogP contribution is 2.82. The van der Waals surface area contributed by atoms with E-state index in [2.05, 4.69) is 34.6 Å². The lowest BCUT2D eigenvalue weighted by atomic mass is 9.53. The highest BCUT2D eigenvalue weighted by molar-refractivity contribution is 5.89. The number of carbonyl (C=O) groups is 3. The summed E-state index contributed by atoms with van der Waals surface area (Å²) >= 11 is 0. The summed E-state index contributed by atoms with van der Waals surface area (Å²) in [5.74, 6) is 0.181. The number of carbonyl (C=O) groups excluding carboxylic acids is 3. The van der Waals surface area contributed by atoms with Gasteiger partial charge < -0.3 is 29.8 Å². The number of Topliss-reactive ketones (excluding diaryl/α,β-unsaturated/α-hetero) is 1. The standard InChI is InChI=1S/C39H64N2O8/c1-9-29(43)49-34(36(6,7)45)25-19-23(2)31-33(47-25)32(44)24(3)37(31,8)15-16-38-13-10-11-26-35(4,5)27(12-14-39(26,38)22-38)48-30-21-41(17-18-46-30)20-28(40)42/h23-27,30-31,33-34,45H,9-22H2,1-8H3,(H2,40,42). The van der Waals surface area contributed by atoms with Crippen molar-refractivity contribution in [3.8, 4) is 0 Å². The van der Waals surface area contributed by atoms with Crippen LogP contribution in [0.2, 0.25) is 0 Å². The molecule has 12 atom stereocenters. The van der Waals surface area contributed by atoms with Gasteiger partial charge >= 0.3 is 5.97 Å². The topological polar surface area (TPSA) is 138 Å². The number of ketones is 1. The third-order valence-electron chi connectivity index (χ3n) is 14.8. The quantitative estimate of drug-likeness (QED) is 0.287. The molecule has 278 valence electrons. The number of amides is 1. The van der Waals surface area contributed by atoms with Gasteiger partial charge in [-0.1, -0.05) is 48.0 Å². The van der Waals surface area contributed by atoms with Crippen LogP contribution in [-0.2, 0) is 33.3 Å². The summed E-state index contributed by atoms with van der Waals surface area (Å²) in [5.41, 5.74) is 4.62. The van der Waals surface area contributed by atoms with E-state index < -0.39 is 23.9 Å². The Kier molecular flexibility index (Phi) is 9.95. The predicted octanol–water partition coefficient (Wildman–Crippen LogP) is 5.02. The van der Waals surface area contributed by atoms with Gasteiger partial charge in [0, 0.05) is 24.8 Å². The summed E-state index contributed by atoms with van der Waals surface area (Å²) in [6, 6.07) is 0. The lowest BCUT2D eigenvalue weighted by molar-refractivity contribution is -0.241. The molecule has 12 unspecified atom stereocenters. The Morgan fingerprint density at radius 3 is 2.55 bits per heavy atom. The Bertz CT molecular complexity index is 1280. The van der Waals surface area contributed by atoms with Gasteiger partial charge in [-0.2, -0.15) is 0 Å². The third-order valence-corrected chi connectivity index (χ3v) is 14.8. The molecular formula is C39H64N2O8. The second-order valence-electron chi connectivity index (χ2n) is 18.4. The van der Waals surface area contributed by atoms with Gasteiger partial charge in [0.15, 0.2) is 18.2 Å². The molecule has 1 amide bonds. The lowest BCUT2D eigenvalue weighted by Gasteiger charge is -2.54. The summed E-state index contributed by atoms with van der Waals surface area (Å²) in [5, 5.41) is 11.0. The fourth-order valence-electron chi connectivity index (χ4n) is 12.1. The van der Waals surface area contributed by atoms with Crippen molar-refractivity contribution in [2.24, 2.45) is 51.1 Å². The molecule has 0 aromatic carbocycles. The minimum atomic E-state index is -1.29. The average molecular weight is 689 g/mol. The summed E-state index contributed by atoms with van der Waals surface area (Å²) in [7, 11) is 0. The van der Waals surface area contributed by atoms with E-state index in [-0.39, 0.29) is 71.6 Å². The van der Waals surface area contributed by atoms with E-state index in [4.69, 9.17) is 24.7 Å². The highest BCUT2D eigenvalue weighted by atomic mass is 16.7. The summed E-state index contributed by atoms with van der Waals surface area (Å²) in [4.78, 5) is 39.9. The fourth-order valence-corrected chi connectivity index (χ4v) is 12.1. The smallest absolute Gasteiger partial charge is 0.305 e. The predicted molar refractivity (Wildman–Crippen MR) is 184 cm³/mol. The van der Waals surface area contributed by atoms with Crippen LogP contribution in [0, 0.1) is 45.3 Å². The molecule has 2 heterocycles. The van der Waals surface area contributed by atoms with Crippen molar-refractivity contribution in [2.75, 3.05) is 26.2 Å². The van der Waals surface area contributed by atoms with Gasteiger partial charge in [-0.3, -0.25) is 19.3 Å². The first-order chi connectivity index (χ1) is 22.9. The molecule has 4 saturated carbocycles. The van der Waals surface area contributed by atoms with Crippen molar-refractivity contribution >= 4 is 17.7 Å². The molecule has 0 radical (unpaired) electrons. The highest BCUT2D eigenvalue weighted by Gasteiger charge is 2.75. The molecule has 6 aliphatic rings. The first kappa shape index (κ1) is 37.2. The second-order valence-corrected chi connectivity index (χ2v) is 18.4. The van der Waals surface area contributed by atoms with Crippen molar-refractivity contribution in [1.82, 2.24) is 4.90 Å². The number of hydrogen-bond acceptors (Lipinski definition) is 9. The normalized spacial score (nSPS) is 44.0. The number of nitrogens with two attached hydrogens (primary N) is 1. The number of nitrogens with zero attached hydrogens (tertiary/aromatic N) is 1. The molecule has 2 aliphatic heterocycles. The molecule has 2 saturated heterocycles. The van der Waals surface area contributed by atoms with Crippen molar-refractivity contribution in [2.45, 2.75) is 156 Å². The monoisotopic (exact) mass is 688 g/mol. The van der Waals surface area contributed by atoms with Crippen LogP contribution in [-0.4, -0.2) is 90.2 Å². The number of fused-ring (bicyclic) bond motifs is 1. The van der Waals surface area contributed by atoms with E-state index in [9.17, 15) is 19.5 Å². The maximum absolute atomic E-state index is 14.0. The Labute approximate surface area is 293 Å². The van der Waals surface area contributed by atoms with Crippen LogP contribution in [0.4, 0.5) is 0 Å².